The molecule has 0 saturated carbocycles. The molecule has 136 valence electrons. The van der Waals surface area contributed by atoms with Crippen molar-refractivity contribution >= 4 is 11.8 Å². The van der Waals surface area contributed by atoms with Gasteiger partial charge in [0.25, 0.3) is 0 Å². The van der Waals surface area contributed by atoms with E-state index in [9.17, 15) is 14.0 Å². The molecule has 2 amide bonds. The SMILES string of the molecule is Cc1ccccc1CNC(=O)C1CC(=O)N(CCc2ccc(F)cc2)C1. The van der Waals surface area contributed by atoms with Crippen molar-refractivity contribution in [2.45, 2.75) is 26.3 Å². The Bertz CT molecular complexity index is 789. The number of hydrogen-bond donors (Lipinski definition) is 1. The number of hydrogen-bond acceptors (Lipinski definition) is 2. The van der Waals surface area contributed by atoms with Gasteiger partial charge in [-0.1, -0.05) is 36.4 Å². The lowest BCUT2D eigenvalue weighted by Gasteiger charge is -2.17. The van der Waals surface area contributed by atoms with Crippen molar-refractivity contribution < 1.29 is 14.0 Å². The van der Waals surface area contributed by atoms with Crippen LogP contribution in [0, 0.1) is 18.7 Å². The molecule has 3 rings (SSSR count). The zero-order valence-electron chi connectivity index (χ0n) is 14.9. The number of likely N-dealkylation sites (tertiary alicyclic amines) is 1. The highest BCUT2D eigenvalue weighted by Gasteiger charge is 2.33. The molecule has 0 radical (unpaired) electrons. The Labute approximate surface area is 153 Å². The van der Waals surface area contributed by atoms with Gasteiger partial charge in [-0.05, 0) is 42.2 Å². The van der Waals surface area contributed by atoms with E-state index in [-0.39, 0.29) is 30.0 Å². The lowest BCUT2D eigenvalue weighted by Crippen LogP contribution is -2.33. The van der Waals surface area contributed by atoms with Crippen LogP contribution in [0.5, 0.6) is 0 Å². The van der Waals surface area contributed by atoms with Crippen LogP contribution in [-0.2, 0) is 22.6 Å². The molecule has 1 heterocycles. The molecule has 5 heteroatoms. The van der Waals surface area contributed by atoms with E-state index in [4.69, 9.17) is 0 Å². The second-order valence-corrected chi connectivity index (χ2v) is 6.76. The summed E-state index contributed by atoms with van der Waals surface area (Å²) in [6.45, 7) is 3.48. The number of carbonyl (C=O) groups excluding carboxylic acids is 2. The van der Waals surface area contributed by atoms with E-state index in [0.717, 1.165) is 16.7 Å². The standard InChI is InChI=1S/C21H23FN2O2/c1-15-4-2-3-5-17(15)13-23-21(26)18-12-20(25)24(14-18)11-10-16-6-8-19(22)9-7-16/h2-9,18H,10-14H2,1H3,(H,23,26). The van der Waals surface area contributed by atoms with Gasteiger partial charge < -0.3 is 10.2 Å². The molecule has 2 aromatic rings. The maximum Gasteiger partial charge on any atom is 0.225 e. The van der Waals surface area contributed by atoms with Gasteiger partial charge in [0.1, 0.15) is 5.82 Å². The van der Waals surface area contributed by atoms with Gasteiger partial charge in [-0.15, -0.1) is 0 Å². The van der Waals surface area contributed by atoms with E-state index in [2.05, 4.69) is 5.32 Å². The zero-order chi connectivity index (χ0) is 18.5. The molecule has 1 aliphatic heterocycles. The Kier molecular flexibility index (Phi) is 5.66. The molecule has 1 unspecified atom stereocenters. The normalized spacial score (nSPS) is 16.8. The van der Waals surface area contributed by atoms with Crippen LogP contribution in [0.4, 0.5) is 4.39 Å². The summed E-state index contributed by atoms with van der Waals surface area (Å²) in [5, 5.41) is 2.94. The molecule has 1 aliphatic rings. The van der Waals surface area contributed by atoms with E-state index in [0.29, 0.717) is 26.1 Å². The molecular weight excluding hydrogens is 331 g/mol. The minimum absolute atomic E-state index is 0.00292. The van der Waals surface area contributed by atoms with E-state index in [1.165, 1.54) is 12.1 Å². The van der Waals surface area contributed by atoms with Crippen molar-refractivity contribution in [2.75, 3.05) is 13.1 Å². The van der Waals surface area contributed by atoms with Crippen LogP contribution in [0.1, 0.15) is 23.1 Å². The van der Waals surface area contributed by atoms with Gasteiger partial charge in [-0.2, -0.15) is 0 Å². The summed E-state index contributed by atoms with van der Waals surface area (Å²) < 4.78 is 12.9. The van der Waals surface area contributed by atoms with Crippen LogP contribution in [-0.4, -0.2) is 29.8 Å². The van der Waals surface area contributed by atoms with Crippen LogP contribution >= 0.6 is 0 Å². The molecule has 1 fully saturated rings. The smallest absolute Gasteiger partial charge is 0.225 e. The number of carbonyl (C=O) groups is 2. The van der Waals surface area contributed by atoms with Crippen molar-refractivity contribution in [3.63, 3.8) is 0 Å². The number of rotatable bonds is 6. The van der Waals surface area contributed by atoms with Crippen LogP contribution < -0.4 is 5.32 Å². The van der Waals surface area contributed by atoms with Gasteiger partial charge in [0.2, 0.25) is 11.8 Å². The largest absolute Gasteiger partial charge is 0.352 e. The Morgan fingerprint density at radius 1 is 1.19 bits per heavy atom. The maximum absolute atomic E-state index is 12.9. The van der Waals surface area contributed by atoms with Crippen LogP contribution in [0.25, 0.3) is 0 Å². The first-order valence-corrected chi connectivity index (χ1v) is 8.87. The summed E-state index contributed by atoms with van der Waals surface area (Å²) in [4.78, 5) is 26.3. The fourth-order valence-electron chi connectivity index (χ4n) is 3.21. The third-order valence-corrected chi connectivity index (χ3v) is 4.88. The average Bonchev–Trinajstić information content (AvgIpc) is 3.01. The molecule has 0 aliphatic carbocycles. The van der Waals surface area contributed by atoms with Crippen molar-refractivity contribution in [2.24, 2.45) is 5.92 Å². The summed E-state index contributed by atoms with van der Waals surface area (Å²) >= 11 is 0. The topological polar surface area (TPSA) is 49.4 Å². The fraction of sp³-hybridized carbons (Fsp3) is 0.333. The van der Waals surface area contributed by atoms with Gasteiger partial charge >= 0.3 is 0 Å². The monoisotopic (exact) mass is 354 g/mol. The van der Waals surface area contributed by atoms with E-state index >= 15 is 0 Å². The third kappa shape index (κ3) is 4.48. The van der Waals surface area contributed by atoms with Gasteiger partial charge in [-0.3, -0.25) is 9.59 Å². The summed E-state index contributed by atoms with van der Waals surface area (Å²) in [6, 6.07) is 14.2. The number of amides is 2. The summed E-state index contributed by atoms with van der Waals surface area (Å²) in [5.41, 5.74) is 3.20. The first-order valence-electron chi connectivity index (χ1n) is 8.87. The second kappa shape index (κ2) is 8.13. The quantitative estimate of drug-likeness (QED) is 0.867. The second-order valence-electron chi connectivity index (χ2n) is 6.76. The maximum atomic E-state index is 12.9. The average molecular weight is 354 g/mol. The van der Waals surface area contributed by atoms with Crippen molar-refractivity contribution in [3.8, 4) is 0 Å². The number of aryl methyl sites for hydroxylation is 1. The highest BCUT2D eigenvalue weighted by Crippen LogP contribution is 2.19. The number of halogens is 1. The molecule has 4 nitrogen and oxygen atoms in total. The summed E-state index contributed by atoms with van der Waals surface area (Å²) in [7, 11) is 0. The zero-order valence-corrected chi connectivity index (χ0v) is 14.9. The van der Waals surface area contributed by atoms with E-state index in [1.54, 1.807) is 17.0 Å². The van der Waals surface area contributed by atoms with Crippen LogP contribution in [0.3, 0.4) is 0 Å². The summed E-state index contributed by atoms with van der Waals surface area (Å²) in [6.07, 6.45) is 0.909. The minimum atomic E-state index is -0.306. The lowest BCUT2D eigenvalue weighted by atomic mass is 10.1. The van der Waals surface area contributed by atoms with Crippen molar-refractivity contribution in [1.29, 1.82) is 0 Å². The first-order chi connectivity index (χ1) is 12.5. The molecule has 1 atom stereocenters. The predicted octanol–water partition coefficient (Wildman–Crippen LogP) is 2.84. The Morgan fingerprint density at radius 2 is 1.92 bits per heavy atom. The number of nitrogens with one attached hydrogen (secondary N) is 1. The van der Waals surface area contributed by atoms with E-state index in [1.807, 2.05) is 31.2 Å². The fourth-order valence-corrected chi connectivity index (χ4v) is 3.21. The highest BCUT2D eigenvalue weighted by atomic mass is 19.1. The molecular formula is C21H23FN2O2. The molecule has 0 aromatic heterocycles. The molecule has 2 aromatic carbocycles. The Balaban J connectivity index is 1.49. The molecule has 0 spiro atoms. The summed E-state index contributed by atoms with van der Waals surface area (Å²) in [5.74, 6) is -0.648. The molecule has 0 bridgehead atoms. The van der Waals surface area contributed by atoms with Crippen molar-refractivity contribution in [3.05, 3.63) is 71.0 Å². The number of benzene rings is 2. The first kappa shape index (κ1) is 18.1. The third-order valence-electron chi connectivity index (χ3n) is 4.88. The lowest BCUT2D eigenvalue weighted by molar-refractivity contribution is -0.129. The van der Waals surface area contributed by atoms with Crippen molar-refractivity contribution in [1.82, 2.24) is 10.2 Å². The van der Waals surface area contributed by atoms with Crippen LogP contribution in [0.2, 0.25) is 0 Å². The molecule has 1 N–H and O–H groups in total. The van der Waals surface area contributed by atoms with Gasteiger partial charge in [-0.25, -0.2) is 4.39 Å². The Morgan fingerprint density at radius 3 is 2.65 bits per heavy atom. The van der Waals surface area contributed by atoms with Gasteiger partial charge in [0.05, 0.1) is 5.92 Å². The predicted molar refractivity (Wildman–Crippen MR) is 97.8 cm³/mol. The number of nitrogens with zero attached hydrogens (tertiary/aromatic N) is 1. The van der Waals surface area contributed by atoms with Gasteiger partial charge in [0, 0.05) is 26.1 Å². The highest BCUT2D eigenvalue weighted by molar-refractivity contribution is 5.89. The Hall–Kier alpha value is -2.69. The minimum Gasteiger partial charge on any atom is -0.352 e. The molecule has 26 heavy (non-hydrogen) atoms. The van der Waals surface area contributed by atoms with Gasteiger partial charge in [0.15, 0.2) is 0 Å². The van der Waals surface area contributed by atoms with Crippen LogP contribution in [0.15, 0.2) is 48.5 Å². The molecule has 1 saturated heterocycles. The van der Waals surface area contributed by atoms with E-state index < -0.39 is 0 Å².